The Kier molecular flexibility index (Phi) is 6.23. The number of hydrogen-bond acceptors (Lipinski definition) is 8. The zero-order valence-electron chi connectivity index (χ0n) is 19.9. The normalized spacial score (nSPS) is 12.8. The Morgan fingerprint density at radius 3 is 2.30 bits per heavy atom. The fourth-order valence-electron chi connectivity index (χ4n) is 4.44. The molecular formula is C27H20N8O2. The summed E-state index contributed by atoms with van der Waals surface area (Å²) in [5.74, 6) is -0.253. The van der Waals surface area contributed by atoms with Crippen LogP contribution in [0.1, 0.15) is 52.1 Å². The van der Waals surface area contributed by atoms with Gasteiger partial charge in [0, 0.05) is 18.5 Å². The van der Waals surface area contributed by atoms with E-state index in [9.17, 15) is 20.1 Å². The summed E-state index contributed by atoms with van der Waals surface area (Å²) in [6, 6.07) is 19.0. The van der Waals surface area contributed by atoms with Crippen LogP contribution < -0.4 is 0 Å². The van der Waals surface area contributed by atoms with Gasteiger partial charge >= 0.3 is 0 Å². The third-order valence-corrected chi connectivity index (χ3v) is 6.28. The number of fused-ring (bicyclic) bond motifs is 1. The molecule has 1 N–H and O–H groups in total. The highest BCUT2D eigenvalue weighted by atomic mass is 16.1. The minimum atomic E-state index is -0.682. The lowest BCUT2D eigenvalue weighted by Gasteiger charge is -2.15. The number of nitrogens with one attached hydrogen (secondary N) is 1. The van der Waals surface area contributed by atoms with Crippen LogP contribution in [-0.4, -0.2) is 41.7 Å². The second-order valence-electron chi connectivity index (χ2n) is 8.52. The number of H-pyrrole nitrogens is 1. The van der Waals surface area contributed by atoms with Gasteiger partial charge in [-0.3, -0.25) is 9.59 Å². The van der Waals surface area contributed by atoms with E-state index in [1.165, 1.54) is 0 Å². The number of aromatic nitrogens is 6. The molecule has 2 aromatic heterocycles. The van der Waals surface area contributed by atoms with E-state index in [-0.39, 0.29) is 17.9 Å². The minimum absolute atomic E-state index is 0.0580. The largest absolute Gasteiger partial charge is 0.320 e. The average Bonchev–Trinajstić information content (AvgIpc) is 3.59. The maximum absolute atomic E-state index is 13.2. The summed E-state index contributed by atoms with van der Waals surface area (Å²) >= 11 is 0. The molecule has 0 amide bonds. The number of imidazole rings is 1. The Hall–Kier alpha value is -5.22. The zero-order chi connectivity index (χ0) is 25.9. The van der Waals surface area contributed by atoms with Gasteiger partial charge in [0.1, 0.15) is 40.5 Å². The zero-order valence-corrected chi connectivity index (χ0v) is 19.9. The summed E-state index contributed by atoms with van der Waals surface area (Å²) < 4.78 is 1.71. The molecule has 0 radical (unpaired) electrons. The van der Waals surface area contributed by atoms with Gasteiger partial charge in [0.15, 0.2) is 0 Å². The molecule has 0 fully saturated rings. The van der Waals surface area contributed by atoms with E-state index in [1.54, 1.807) is 16.7 Å². The Morgan fingerprint density at radius 1 is 0.946 bits per heavy atom. The molecule has 0 saturated heterocycles. The summed E-state index contributed by atoms with van der Waals surface area (Å²) in [4.78, 5) is 30.6. The number of nitriles is 2. The number of carbonyl (C=O) groups excluding carboxylic acids is 2. The first kappa shape index (κ1) is 23.5. The molecular weight excluding hydrogens is 468 g/mol. The predicted octanol–water partition coefficient (Wildman–Crippen LogP) is 3.84. The molecule has 1 aliphatic carbocycles. The third kappa shape index (κ3) is 4.11. The number of unbranched alkanes of at least 4 members (excludes halogenated alkanes) is 1. The summed E-state index contributed by atoms with van der Waals surface area (Å²) in [5.41, 5.74) is 2.73. The van der Waals surface area contributed by atoms with E-state index >= 15 is 0 Å². The highest BCUT2D eigenvalue weighted by Gasteiger charge is 2.38. The van der Waals surface area contributed by atoms with Gasteiger partial charge in [-0.15, -0.1) is 10.2 Å². The van der Waals surface area contributed by atoms with Crippen molar-refractivity contribution in [1.82, 2.24) is 30.2 Å². The molecule has 2 heterocycles. The molecule has 10 heteroatoms. The van der Waals surface area contributed by atoms with E-state index in [0.717, 1.165) is 35.1 Å². The van der Waals surface area contributed by atoms with Crippen molar-refractivity contribution in [2.75, 3.05) is 0 Å². The van der Waals surface area contributed by atoms with Crippen molar-refractivity contribution in [3.8, 4) is 34.7 Å². The van der Waals surface area contributed by atoms with Gasteiger partial charge in [-0.2, -0.15) is 15.7 Å². The van der Waals surface area contributed by atoms with E-state index in [1.807, 2.05) is 55.5 Å². The van der Waals surface area contributed by atoms with Crippen molar-refractivity contribution >= 4 is 11.6 Å². The quantitative estimate of drug-likeness (QED) is 0.411. The number of benzene rings is 2. The predicted molar refractivity (Wildman–Crippen MR) is 132 cm³/mol. The lowest BCUT2D eigenvalue weighted by Crippen LogP contribution is -2.24. The molecule has 10 nitrogen and oxygen atoms in total. The summed E-state index contributed by atoms with van der Waals surface area (Å²) in [6.07, 6.45) is 2.27. The Labute approximate surface area is 211 Å². The van der Waals surface area contributed by atoms with Crippen LogP contribution in [0.4, 0.5) is 0 Å². The first-order valence-corrected chi connectivity index (χ1v) is 11.7. The molecule has 180 valence electrons. The minimum Gasteiger partial charge on any atom is -0.320 e. The van der Waals surface area contributed by atoms with Gasteiger partial charge in [-0.05, 0) is 28.3 Å². The highest BCUT2D eigenvalue weighted by molar-refractivity contribution is 6.28. The van der Waals surface area contributed by atoms with Crippen molar-refractivity contribution < 1.29 is 9.59 Å². The third-order valence-electron chi connectivity index (χ3n) is 6.28. The maximum atomic E-state index is 13.2. The number of carbonyl (C=O) groups is 2. The molecule has 4 aromatic rings. The molecule has 1 aliphatic rings. The smallest absolute Gasteiger partial charge is 0.225 e. The van der Waals surface area contributed by atoms with Crippen molar-refractivity contribution in [3.05, 3.63) is 82.5 Å². The van der Waals surface area contributed by atoms with Crippen LogP contribution in [-0.2, 0) is 13.0 Å². The fourth-order valence-corrected chi connectivity index (χ4v) is 4.44. The van der Waals surface area contributed by atoms with Crippen molar-refractivity contribution in [1.29, 1.82) is 10.5 Å². The molecule has 0 bridgehead atoms. The number of Topliss-reactive ketones (excluding diaryl/α,β-unsaturated/α-hetero) is 2. The van der Waals surface area contributed by atoms with Gasteiger partial charge in [-0.25, -0.2) is 4.98 Å². The first-order chi connectivity index (χ1) is 18.1. The summed E-state index contributed by atoms with van der Waals surface area (Å²) in [5, 5.41) is 33.2. The van der Waals surface area contributed by atoms with Crippen LogP contribution in [0.3, 0.4) is 0 Å². The number of tetrazole rings is 1. The second kappa shape index (κ2) is 9.80. The van der Waals surface area contributed by atoms with Crippen LogP contribution in [0.25, 0.3) is 22.5 Å². The Morgan fingerprint density at radius 2 is 1.65 bits per heavy atom. The number of aryl methyl sites for hydroxylation is 1. The standard InChI is InChI=1S/C27H20N8O2/c1-2-3-8-22-30-23-24(26(37)21(14-29)20(13-28)25(23)36)35(22)15-16-9-11-17(12-10-16)18-6-4-5-7-19(18)27-31-33-34-32-27/h4-7,9-12H,2-3,8,15H2,1H3,(H,31,32,33,34). The number of rotatable bonds is 7. The van der Waals surface area contributed by atoms with Gasteiger partial charge in [0.05, 0.1) is 0 Å². The number of nitrogens with zero attached hydrogens (tertiary/aromatic N) is 7. The number of ketones is 2. The molecule has 2 aromatic carbocycles. The number of aromatic amines is 1. The van der Waals surface area contributed by atoms with Crippen LogP contribution >= 0.6 is 0 Å². The van der Waals surface area contributed by atoms with Crippen LogP contribution in [0.15, 0.2) is 59.7 Å². The second-order valence-corrected chi connectivity index (χ2v) is 8.52. The van der Waals surface area contributed by atoms with Crippen LogP contribution in [0, 0.1) is 22.7 Å². The van der Waals surface area contributed by atoms with Gasteiger partial charge in [0.2, 0.25) is 17.4 Å². The Balaban J connectivity index is 1.53. The lowest BCUT2D eigenvalue weighted by atomic mass is 9.91. The molecule has 5 rings (SSSR count). The average molecular weight is 489 g/mol. The molecule has 0 unspecified atom stereocenters. The number of allylic oxidation sites excluding steroid dienone is 2. The van der Waals surface area contributed by atoms with Crippen LogP contribution in [0.2, 0.25) is 0 Å². The van der Waals surface area contributed by atoms with Crippen molar-refractivity contribution in [2.45, 2.75) is 32.7 Å². The van der Waals surface area contributed by atoms with Gasteiger partial charge < -0.3 is 4.57 Å². The molecule has 37 heavy (non-hydrogen) atoms. The van der Waals surface area contributed by atoms with E-state index in [4.69, 9.17) is 0 Å². The van der Waals surface area contributed by atoms with E-state index in [0.29, 0.717) is 18.1 Å². The van der Waals surface area contributed by atoms with Crippen molar-refractivity contribution in [3.63, 3.8) is 0 Å². The summed E-state index contributed by atoms with van der Waals surface area (Å²) in [7, 11) is 0. The van der Waals surface area contributed by atoms with Crippen molar-refractivity contribution in [2.24, 2.45) is 0 Å². The molecule has 0 aliphatic heterocycles. The maximum Gasteiger partial charge on any atom is 0.225 e. The van der Waals surface area contributed by atoms with Gasteiger partial charge in [-0.1, -0.05) is 61.9 Å². The monoisotopic (exact) mass is 488 g/mol. The fraction of sp³-hybridized carbons (Fsp3) is 0.185. The van der Waals surface area contributed by atoms with Gasteiger partial charge in [0.25, 0.3) is 0 Å². The molecule has 0 spiro atoms. The molecule has 0 saturated carbocycles. The van der Waals surface area contributed by atoms with E-state index in [2.05, 4.69) is 25.6 Å². The molecule has 0 atom stereocenters. The number of hydrogen-bond donors (Lipinski definition) is 1. The SMILES string of the molecule is CCCCc1nc2c(n1Cc1ccc(-c3ccccc3-c3nn[nH]n3)cc1)C(=O)C(C#N)=C(C#N)C2=O. The first-order valence-electron chi connectivity index (χ1n) is 11.7. The topological polar surface area (TPSA) is 154 Å². The lowest BCUT2D eigenvalue weighted by molar-refractivity contribution is 0.0974. The Bertz CT molecular complexity index is 1630. The highest BCUT2D eigenvalue weighted by Crippen LogP contribution is 2.31. The van der Waals surface area contributed by atoms with Crippen LogP contribution in [0.5, 0.6) is 0 Å². The van der Waals surface area contributed by atoms with E-state index < -0.39 is 22.7 Å². The summed E-state index contributed by atoms with van der Waals surface area (Å²) in [6.45, 7) is 2.32.